The number of carbonyl (C=O) groups is 1. The Morgan fingerprint density at radius 1 is 1.18 bits per heavy atom. The molecule has 0 amide bonds. The van der Waals surface area contributed by atoms with Crippen LogP contribution < -0.4 is 5.32 Å². The predicted molar refractivity (Wildman–Crippen MR) is 135 cm³/mol. The standard InChI is InChI=1S/C26H47N3O5/c1-21(30)22-19-24(25(32-4)26(2,20-22)33-5)34-18-6-9-23(31)10-15-29-14-8-13-28(16-17-29)12-7-11-27-3/h19-20,23,25,27,31H,6-18H2,1-5H3/t23-,25?,26?/m1/s1. The largest absolute Gasteiger partial charge is 0.495 e. The van der Waals surface area contributed by atoms with E-state index in [1.54, 1.807) is 26.4 Å². The minimum Gasteiger partial charge on any atom is -0.495 e. The Balaban J connectivity index is 1.71. The van der Waals surface area contributed by atoms with E-state index in [9.17, 15) is 9.90 Å². The fourth-order valence-corrected chi connectivity index (χ4v) is 4.71. The molecule has 2 unspecified atom stereocenters. The van der Waals surface area contributed by atoms with Crippen LogP contribution in [0.3, 0.4) is 0 Å². The van der Waals surface area contributed by atoms with Crippen LogP contribution in [-0.2, 0) is 19.0 Å². The molecule has 0 spiro atoms. The molecule has 8 nitrogen and oxygen atoms in total. The van der Waals surface area contributed by atoms with Crippen molar-refractivity contribution in [3.8, 4) is 0 Å². The Kier molecular flexibility index (Phi) is 12.7. The van der Waals surface area contributed by atoms with Crippen molar-refractivity contribution < 1.29 is 24.1 Å². The number of allylic oxidation sites excluding steroid dienone is 2. The maximum absolute atomic E-state index is 12.0. The maximum Gasteiger partial charge on any atom is 0.159 e. The number of rotatable bonds is 15. The van der Waals surface area contributed by atoms with Crippen LogP contribution in [0, 0.1) is 0 Å². The molecule has 8 heteroatoms. The average Bonchev–Trinajstić information content (AvgIpc) is 3.05. The van der Waals surface area contributed by atoms with E-state index in [2.05, 4.69) is 15.1 Å². The van der Waals surface area contributed by atoms with Crippen molar-refractivity contribution in [3.63, 3.8) is 0 Å². The average molecular weight is 482 g/mol. The predicted octanol–water partition coefficient (Wildman–Crippen LogP) is 1.98. The first-order valence-electron chi connectivity index (χ1n) is 12.8. The Labute approximate surface area is 206 Å². The van der Waals surface area contributed by atoms with Gasteiger partial charge in [0.05, 0.1) is 12.7 Å². The lowest BCUT2D eigenvalue weighted by Gasteiger charge is -2.37. The summed E-state index contributed by atoms with van der Waals surface area (Å²) in [6, 6.07) is 0. The van der Waals surface area contributed by atoms with Crippen LogP contribution >= 0.6 is 0 Å². The summed E-state index contributed by atoms with van der Waals surface area (Å²) in [6.45, 7) is 11.5. The number of Topliss-reactive ketones (excluding diaryl/α,β-unsaturated/α-hetero) is 1. The summed E-state index contributed by atoms with van der Waals surface area (Å²) in [4.78, 5) is 17.0. The van der Waals surface area contributed by atoms with Crippen molar-refractivity contribution in [2.75, 3.05) is 73.7 Å². The van der Waals surface area contributed by atoms with Crippen LogP contribution in [0.15, 0.2) is 23.5 Å². The van der Waals surface area contributed by atoms with Gasteiger partial charge in [0.25, 0.3) is 0 Å². The number of aliphatic hydroxyl groups excluding tert-OH is 1. The summed E-state index contributed by atoms with van der Waals surface area (Å²) < 4.78 is 17.3. The number of ether oxygens (including phenoxy) is 3. The smallest absolute Gasteiger partial charge is 0.159 e. The zero-order chi connectivity index (χ0) is 25.0. The van der Waals surface area contributed by atoms with Gasteiger partial charge in [-0.05, 0) is 91.3 Å². The molecule has 1 saturated heterocycles. The number of carbonyl (C=O) groups excluding carboxylic acids is 1. The number of methoxy groups -OCH3 is 2. The molecule has 0 aromatic carbocycles. The first-order chi connectivity index (χ1) is 16.3. The Morgan fingerprint density at radius 2 is 1.88 bits per heavy atom. The van der Waals surface area contributed by atoms with Crippen molar-refractivity contribution in [2.24, 2.45) is 0 Å². The van der Waals surface area contributed by atoms with Crippen molar-refractivity contribution in [1.82, 2.24) is 15.1 Å². The third-order valence-corrected chi connectivity index (χ3v) is 6.91. The molecule has 2 rings (SSSR count). The number of ketones is 1. The van der Waals surface area contributed by atoms with Crippen LogP contribution in [0.25, 0.3) is 0 Å². The Bertz CT molecular complexity index is 683. The van der Waals surface area contributed by atoms with Gasteiger partial charge < -0.3 is 34.4 Å². The molecule has 3 atom stereocenters. The van der Waals surface area contributed by atoms with Gasteiger partial charge in [-0.3, -0.25) is 4.79 Å². The molecule has 2 N–H and O–H groups in total. The number of nitrogens with one attached hydrogen (secondary N) is 1. The number of aliphatic hydroxyl groups is 1. The molecule has 1 heterocycles. The maximum atomic E-state index is 12.0. The molecular weight excluding hydrogens is 434 g/mol. The van der Waals surface area contributed by atoms with Crippen LogP contribution in [0.1, 0.15) is 46.0 Å². The number of hydrogen-bond donors (Lipinski definition) is 2. The van der Waals surface area contributed by atoms with E-state index < -0.39 is 11.7 Å². The summed E-state index contributed by atoms with van der Waals surface area (Å²) >= 11 is 0. The highest BCUT2D eigenvalue weighted by molar-refractivity contribution is 5.96. The van der Waals surface area contributed by atoms with Gasteiger partial charge in [-0.2, -0.15) is 0 Å². The first kappa shape index (κ1) is 28.9. The van der Waals surface area contributed by atoms with Crippen LogP contribution in [0.5, 0.6) is 0 Å². The van der Waals surface area contributed by atoms with E-state index in [1.165, 1.54) is 26.3 Å². The quantitative estimate of drug-likeness (QED) is 0.344. The molecule has 0 aromatic heterocycles. The summed E-state index contributed by atoms with van der Waals surface area (Å²) in [5.74, 6) is 0.557. The molecule has 0 aromatic rings. The van der Waals surface area contributed by atoms with Crippen LogP contribution in [-0.4, -0.2) is 112 Å². The highest BCUT2D eigenvalue weighted by atomic mass is 16.6. The second-order valence-electron chi connectivity index (χ2n) is 9.63. The van der Waals surface area contributed by atoms with Crippen molar-refractivity contribution in [3.05, 3.63) is 23.5 Å². The molecule has 1 aliphatic heterocycles. The fraction of sp³-hybridized carbons (Fsp3) is 0.808. The summed E-state index contributed by atoms with van der Waals surface area (Å²) in [5, 5.41) is 13.7. The fourth-order valence-electron chi connectivity index (χ4n) is 4.71. The Hall–Kier alpha value is -1.29. The third kappa shape index (κ3) is 9.06. The van der Waals surface area contributed by atoms with E-state index in [0.717, 1.165) is 52.1 Å². The topological polar surface area (TPSA) is 83.5 Å². The van der Waals surface area contributed by atoms with Crippen LogP contribution in [0.2, 0.25) is 0 Å². The second kappa shape index (κ2) is 15.0. The van der Waals surface area contributed by atoms with Gasteiger partial charge in [0.1, 0.15) is 17.5 Å². The second-order valence-corrected chi connectivity index (χ2v) is 9.63. The monoisotopic (exact) mass is 481 g/mol. The highest BCUT2D eigenvalue weighted by Crippen LogP contribution is 2.32. The molecule has 1 fully saturated rings. The van der Waals surface area contributed by atoms with Gasteiger partial charge >= 0.3 is 0 Å². The van der Waals surface area contributed by atoms with E-state index in [1.807, 2.05) is 14.0 Å². The van der Waals surface area contributed by atoms with Crippen molar-refractivity contribution in [1.29, 1.82) is 0 Å². The molecule has 2 aliphatic rings. The van der Waals surface area contributed by atoms with E-state index in [-0.39, 0.29) is 11.9 Å². The van der Waals surface area contributed by atoms with Gasteiger partial charge in [-0.15, -0.1) is 0 Å². The zero-order valence-corrected chi connectivity index (χ0v) is 22.0. The minimum atomic E-state index is -0.769. The molecule has 0 bridgehead atoms. The third-order valence-electron chi connectivity index (χ3n) is 6.91. The lowest BCUT2D eigenvalue weighted by atomic mass is 9.87. The van der Waals surface area contributed by atoms with Crippen molar-refractivity contribution >= 4 is 5.78 Å². The van der Waals surface area contributed by atoms with Gasteiger partial charge in [0, 0.05) is 39.4 Å². The van der Waals surface area contributed by atoms with E-state index in [4.69, 9.17) is 14.2 Å². The van der Waals surface area contributed by atoms with E-state index >= 15 is 0 Å². The molecular formula is C26H47N3O5. The summed E-state index contributed by atoms with van der Waals surface area (Å²) in [5.41, 5.74) is -0.208. The zero-order valence-electron chi connectivity index (χ0n) is 22.0. The summed E-state index contributed by atoms with van der Waals surface area (Å²) in [7, 11) is 5.22. The lowest BCUT2D eigenvalue weighted by Crippen LogP contribution is -2.45. The first-order valence-corrected chi connectivity index (χ1v) is 12.8. The summed E-state index contributed by atoms with van der Waals surface area (Å²) in [6.07, 6.45) is 7.36. The van der Waals surface area contributed by atoms with Gasteiger partial charge in [0.2, 0.25) is 0 Å². The van der Waals surface area contributed by atoms with Crippen LogP contribution in [0.4, 0.5) is 0 Å². The number of hydrogen-bond acceptors (Lipinski definition) is 8. The number of nitrogens with zero attached hydrogens (tertiary/aromatic N) is 2. The van der Waals surface area contributed by atoms with Gasteiger partial charge in [0.15, 0.2) is 5.78 Å². The van der Waals surface area contributed by atoms with Crippen molar-refractivity contribution in [2.45, 2.75) is 63.8 Å². The molecule has 196 valence electrons. The van der Waals surface area contributed by atoms with E-state index in [0.29, 0.717) is 24.4 Å². The van der Waals surface area contributed by atoms with Gasteiger partial charge in [-0.25, -0.2) is 0 Å². The molecule has 1 aliphatic carbocycles. The van der Waals surface area contributed by atoms with Gasteiger partial charge in [-0.1, -0.05) is 0 Å². The Morgan fingerprint density at radius 3 is 2.50 bits per heavy atom. The normalized spacial score (nSPS) is 25.4. The SMILES string of the molecule is CNCCCN1CCCN(CC[C@H](O)CCCOC2=CC(C(C)=O)=CC(C)(OC)C2OC)CC1. The molecule has 0 saturated carbocycles. The lowest BCUT2D eigenvalue weighted by molar-refractivity contribution is -0.114. The highest BCUT2D eigenvalue weighted by Gasteiger charge is 2.40. The molecule has 34 heavy (non-hydrogen) atoms. The minimum absolute atomic E-state index is 0.0380. The molecule has 0 radical (unpaired) electrons.